The number of H-pyrrole nitrogens is 1. The largest absolute Gasteiger partial charge is 0.486 e. The Hall–Kier alpha value is -3.15. The van der Waals surface area contributed by atoms with Gasteiger partial charge >= 0.3 is 0 Å². The molecule has 1 saturated heterocycles. The van der Waals surface area contributed by atoms with Crippen LogP contribution in [0.2, 0.25) is 0 Å². The Balaban J connectivity index is 1.30. The molecule has 1 fully saturated rings. The molecule has 1 aromatic heterocycles. The zero-order valence-electron chi connectivity index (χ0n) is 17.2. The van der Waals surface area contributed by atoms with Crippen LogP contribution in [0, 0.1) is 5.92 Å². The monoisotopic (exact) mass is 405 g/mol. The number of pyridine rings is 1. The molecule has 2 aromatic carbocycles. The van der Waals surface area contributed by atoms with Crippen LogP contribution in [-0.2, 0) is 6.54 Å². The van der Waals surface area contributed by atoms with Gasteiger partial charge in [-0.3, -0.25) is 4.79 Å². The van der Waals surface area contributed by atoms with Gasteiger partial charge < -0.3 is 24.7 Å². The van der Waals surface area contributed by atoms with E-state index in [-0.39, 0.29) is 5.56 Å². The highest BCUT2D eigenvalue weighted by Crippen LogP contribution is 2.33. The van der Waals surface area contributed by atoms with Gasteiger partial charge in [0.15, 0.2) is 11.5 Å². The lowest BCUT2D eigenvalue weighted by atomic mass is 9.99. The van der Waals surface area contributed by atoms with Crippen LogP contribution < -0.4 is 25.2 Å². The average Bonchev–Trinajstić information content (AvgIpc) is 2.77. The summed E-state index contributed by atoms with van der Waals surface area (Å²) in [6.45, 7) is 6.11. The topological polar surface area (TPSA) is 66.6 Å². The van der Waals surface area contributed by atoms with E-state index >= 15 is 0 Å². The van der Waals surface area contributed by atoms with E-state index in [0.29, 0.717) is 31.1 Å². The Morgan fingerprint density at radius 3 is 2.47 bits per heavy atom. The molecule has 30 heavy (non-hydrogen) atoms. The number of hydrogen-bond donors (Lipinski definition) is 2. The molecule has 6 heteroatoms. The second-order valence-electron chi connectivity index (χ2n) is 8.28. The van der Waals surface area contributed by atoms with Crippen LogP contribution in [0.5, 0.6) is 11.5 Å². The van der Waals surface area contributed by atoms with Crippen molar-refractivity contribution in [2.75, 3.05) is 36.5 Å². The van der Waals surface area contributed by atoms with Gasteiger partial charge in [0.25, 0.3) is 5.56 Å². The van der Waals surface area contributed by atoms with E-state index in [4.69, 9.17) is 9.47 Å². The van der Waals surface area contributed by atoms with Crippen LogP contribution in [0.15, 0.2) is 47.3 Å². The van der Waals surface area contributed by atoms with Crippen molar-refractivity contribution in [1.82, 2.24) is 4.98 Å². The van der Waals surface area contributed by atoms with E-state index in [2.05, 4.69) is 46.4 Å². The molecule has 3 heterocycles. The number of rotatable bonds is 4. The van der Waals surface area contributed by atoms with E-state index in [1.54, 1.807) is 0 Å². The fourth-order valence-electron chi connectivity index (χ4n) is 4.17. The Morgan fingerprint density at radius 2 is 1.73 bits per heavy atom. The minimum absolute atomic E-state index is 0.0919. The van der Waals surface area contributed by atoms with Crippen molar-refractivity contribution >= 4 is 22.3 Å². The molecule has 0 aliphatic carbocycles. The van der Waals surface area contributed by atoms with Crippen LogP contribution in [-0.4, -0.2) is 31.3 Å². The first-order chi connectivity index (χ1) is 14.7. The van der Waals surface area contributed by atoms with Gasteiger partial charge in [0, 0.05) is 48.0 Å². The molecule has 0 atom stereocenters. The lowest BCUT2D eigenvalue weighted by Crippen LogP contribution is -2.32. The van der Waals surface area contributed by atoms with Gasteiger partial charge in [0.05, 0.1) is 5.52 Å². The Bertz CT molecular complexity index is 1100. The van der Waals surface area contributed by atoms with Gasteiger partial charge in [-0.25, -0.2) is 0 Å². The van der Waals surface area contributed by atoms with Crippen molar-refractivity contribution in [3.05, 3.63) is 58.4 Å². The molecule has 0 bridgehead atoms. The highest BCUT2D eigenvalue weighted by molar-refractivity contribution is 5.83. The first-order valence-corrected chi connectivity index (χ1v) is 10.7. The number of ether oxygens (including phenoxy) is 2. The van der Waals surface area contributed by atoms with Crippen molar-refractivity contribution in [1.29, 1.82) is 0 Å². The minimum Gasteiger partial charge on any atom is -0.486 e. The summed E-state index contributed by atoms with van der Waals surface area (Å²) in [5.41, 5.74) is 3.63. The first-order valence-electron chi connectivity index (χ1n) is 10.7. The van der Waals surface area contributed by atoms with E-state index < -0.39 is 0 Å². The summed E-state index contributed by atoms with van der Waals surface area (Å²) < 4.78 is 11.3. The molecule has 0 saturated carbocycles. The van der Waals surface area contributed by atoms with Crippen LogP contribution in [0.1, 0.15) is 25.3 Å². The van der Waals surface area contributed by atoms with Crippen LogP contribution in [0.3, 0.4) is 0 Å². The minimum atomic E-state index is -0.0919. The smallest absolute Gasteiger partial charge is 0.253 e. The third kappa shape index (κ3) is 3.82. The predicted molar refractivity (Wildman–Crippen MR) is 120 cm³/mol. The standard InChI is InChI=1S/C24H27N3O3/c1-16-6-8-27(9-7-16)20-4-2-19(3-5-20)25-15-18-12-17-13-22-23(30-11-10-29-22)14-21(17)26-24(18)28/h2-5,12-14,16,25H,6-11,15H2,1H3,(H,26,28). The lowest BCUT2D eigenvalue weighted by molar-refractivity contribution is 0.172. The van der Waals surface area contributed by atoms with E-state index in [1.807, 2.05) is 18.2 Å². The number of nitrogens with zero attached hydrogens (tertiary/aromatic N) is 1. The quantitative estimate of drug-likeness (QED) is 0.683. The van der Waals surface area contributed by atoms with Gasteiger partial charge in [0.2, 0.25) is 0 Å². The van der Waals surface area contributed by atoms with Crippen molar-refractivity contribution in [2.45, 2.75) is 26.3 Å². The molecular weight excluding hydrogens is 378 g/mol. The molecule has 2 aliphatic heterocycles. The number of aromatic amines is 1. The maximum Gasteiger partial charge on any atom is 0.253 e. The average molecular weight is 405 g/mol. The molecule has 0 spiro atoms. The molecule has 5 rings (SSSR count). The van der Waals surface area contributed by atoms with Crippen molar-refractivity contribution in [3.8, 4) is 11.5 Å². The van der Waals surface area contributed by atoms with Crippen LogP contribution in [0.25, 0.3) is 10.9 Å². The number of aromatic nitrogens is 1. The van der Waals surface area contributed by atoms with Crippen LogP contribution >= 0.6 is 0 Å². The molecule has 6 nitrogen and oxygen atoms in total. The van der Waals surface area contributed by atoms with Crippen molar-refractivity contribution in [3.63, 3.8) is 0 Å². The summed E-state index contributed by atoms with van der Waals surface area (Å²) in [6, 6.07) is 14.2. The van der Waals surface area contributed by atoms with Gasteiger partial charge in [-0.15, -0.1) is 0 Å². The highest BCUT2D eigenvalue weighted by Gasteiger charge is 2.16. The number of piperidine rings is 1. The molecule has 0 unspecified atom stereocenters. The molecule has 3 aromatic rings. The third-order valence-electron chi connectivity index (χ3n) is 6.08. The third-order valence-corrected chi connectivity index (χ3v) is 6.08. The van der Waals surface area contributed by atoms with Gasteiger partial charge in [-0.05, 0) is 55.2 Å². The SMILES string of the molecule is CC1CCN(c2ccc(NCc3cc4cc5c(cc4[nH]c3=O)OCCO5)cc2)CC1. The molecule has 0 radical (unpaired) electrons. The molecule has 0 amide bonds. The second kappa shape index (κ2) is 7.94. The molecule has 2 N–H and O–H groups in total. The van der Waals surface area contributed by atoms with Crippen LogP contribution in [0.4, 0.5) is 11.4 Å². The molecule has 156 valence electrons. The Morgan fingerprint density at radius 1 is 1.03 bits per heavy atom. The van der Waals surface area contributed by atoms with Gasteiger partial charge in [-0.1, -0.05) is 6.92 Å². The number of hydrogen-bond acceptors (Lipinski definition) is 5. The zero-order valence-corrected chi connectivity index (χ0v) is 17.2. The van der Waals surface area contributed by atoms with E-state index in [9.17, 15) is 4.79 Å². The summed E-state index contributed by atoms with van der Waals surface area (Å²) in [6.07, 6.45) is 2.51. The number of nitrogens with one attached hydrogen (secondary N) is 2. The predicted octanol–water partition coefficient (Wildman–Crippen LogP) is 4.15. The van der Waals surface area contributed by atoms with Gasteiger partial charge in [-0.2, -0.15) is 0 Å². The summed E-state index contributed by atoms with van der Waals surface area (Å²) in [5, 5.41) is 4.31. The summed E-state index contributed by atoms with van der Waals surface area (Å²) >= 11 is 0. The Kier molecular flexibility index (Phi) is 4.99. The highest BCUT2D eigenvalue weighted by atomic mass is 16.6. The first kappa shape index (κ1) is 18.9. The maximum atomic E-state index is 12.5. The van der Waals surface area contributed by atoms with E-state index in [0.717, 1.165) is 41.3 Å². The number of fused-ring (bicyclic) bond motifs is 2. The van der Waals surface area contributed by atoms with Crippen molar-refractivity contribution < 1.29 is 9.47 Å². The molecule has 2 aliphatic rings. The normalized spacial score (nSPS) is 16.6. The fourth-order valence-corrected chi connectivity index (χ4v) is 4.17. The lowest BCUT2D eigenvalue weighted by Gasteiger charge is -2.32. The Labute approximate surface area is 175 Å². The summed E-state index contributed by atoms with van der Waals surface area (Å²) in [5.74, 6) is 2.23. The van der Waals surface area contributed by atoms with Crippen molar-refractivity contribution in [2.24, 2.45) is 5.92 Å². The van der Waals surface area contributed by atoms with Gasteiger partial charge in [0.1, 0.15) is 13.2 Å². The zero-order chi connectivity index (χ0) is 20.5. The number of benzene rings is 2. The second-order valence-corrected chi connectivity index (χ2v) is 8.28. The van der Waals surface area contributed by atoms with E-state index in [1.165, 1.54) is 18.5 Å². The fraction of sp³-hybridized carbons (Fsp3) is 0.375. The summed E-state index contributed by atoms with van der Waals surface area (Å²) in [4.78, 5) is 17.9. The maximum absolute atomic E-state index is 12.5. The number of anilines is 2. The summed E-state index contributed by atoms with van der Waals surface area (Å²) in [7, 11) is 0. The molecular formula is C24H27N3O3.